The van der Waals surface area contributed by atoms with Crippen LogP contribution in [0.4, 0.5) is 13.6 Å². The van der Waals surface area contributed by atoms with Gasteiger partial charge in [0.2, 0.25) is 0 Å². The van der Waals surface area contributed by atoms with Crippen molar-refractivity contribution in [2.45, 2.75) is 56.8 Å². The number of aliphatic hydroxyl groups excluding tert-OH is 1. The quantitative estimate of drug-likeness (QED) is 0.0682. The number of esters is 1. The van der Waals surface area contributed by atoms with Crippen LogP contribution in [0.2, 0.25) is 10.0 Å². The molecule has 2 aliphatic rings. The lowest BCUT2D eigenvalue weighted by Gasteiger charge is -2.24. The Bertz CT molecular complexity index is 1840. The van der Waals surface area contributed by atoms with Crippen molar-refractivity contribution in [3.63, 3.8) is 0 Å². The third kappa shape index (κ3) is 9.04. The molecular formula is C38H36Cl2F2N2O8. The number of alkyl halides is 2. The third-order valence-corrected chi connectivity index (χ3v) is 9.66. The molecule has 0 radical (unpaired) electrons. The van der Waals surface area contributed by atoms with Gasteiger partial charge in [-0.3, -0.25) is 0 Å². The van der Waals surface area contributed by atoms with Gasteiger partial charge in [0.15, 0.2) is 23.9 Å². The Morgan fingerprint density at radius 1 is 0.942 bits per heavy atom. The second-order valence-electron chi connectivity index (χ2n) is 12.6. The van der Waals surface area contributed by atoms with Crippen LogP contribution in [0.1, 0.15) is 60.0 Å². The first kappa shape index (κ1) is 37.1. The lowest BCUT2D eigenvalue weighted by molar-refractivity contribution is -0.605. The number of nitrogens with one attached hydrogen (secondary N) is 1. The lowest BCUT2D eigenvalue weighted by Crippen LogP contribution is -2.43. The minimum absolute atomic E-state index is 0.00000258. The number of ether oxygens (including phenoxy) is 4. The van der Waals surface area contributed by atoms with E-state index in [1.165, 1.54) is 18.2 Å². The normalized spacial score (nSPS) is 14.7. The summed E-state index contributed by atoms with van der Waals surface area (Å²) >= 11 is 12.8. The van der Waals surface area contributed by atoms with Crippen LogP contribution in [-0.4, -0.2) is 49.6 Å². The summed E-state index contributed by atoms with van der Waals surface area (Å²) in [6.07, 6.45) is 2.07. The number of nitrogens with zero attached hydrogens (tertiary/aromatic N) is 1. The number of benzene rings is 3. The third-order valence-electron chi connectivity index (χ3n) is 9.00. The van der Waals surface area contributed by atoms with Gasteiger partial charge in [-0.2, -0.15) is 13.5 Å². The van der Waals surface area contributed by atoms with Crippen molar-refractivity contribution in [3.05, 3.63) is 117 Å². The van der Waals surface area contributed by atoms with Gasteiger partial charge in [-0.25, -0.2) is 9.59 Å². The van der Waals surface area contributed by atoms with E-state index in [1.807, 2.05) is 48.5 Å². The van der Waals surface area contributed by atoms with Crippen LogP contribution >= 0.6 is 23.2 Å². The average Bonchev–Trinajstić information content (AvgIpc) is 3.90. The molecule has 14 heteroatoms. The van der Waals surface area contributed by atoms with Gasteiger partial charge in [0.05, 0.1) is 6.61 Å². The summed E-state index contributed by atoms with van der Waals surface area (Å²) in [5.41, 5.74) is 4.73. The van der Waals surface area contributed by atoms with Crippen molar-refractivity contribution in [2.75, 3.05) is 19.8 Å². The molecule has 0 saturated heterocycles. The van der Waals surface area contributed by atoms with Crippen molar-refractivity contribution < 1.29 is 47.2 Å². The molecule has 10 nitrogen and oxygen atoms in total. The van der Waals surface area contributed by atoms with Gasteiger partial charge >= 0.3 is 18.7 Å². The first-order valence-corrected chi connectivity index (χ1v) is 17.6. The summed E-state index contributed by atoms with van der Waals surface area (Å²) in [5.74, 6) is -0.990. The van der Waals surface area contributed by atoms with Crippen LogP contribution in [0.3, 0.4) is 0 Å². The van der Waals surface area contributed by atoms with Crippen LogP contribution in [0, 0.1) is 11.1 Å². The molecule has 274 valence electrons. The number of carbonyl (C=O) groups is 2. The highest BCUT2D eigenvalue weighted by Crippen LogP contribution is 2.44. The number of carbonyl (C=O) groups excluding carboxylic acids is 2. The second kappa shape index (κ2) is 16.8. The molecule has 52 heavy (non-hydrogen) atoms. The predicted octanol–water partition coefficient (Wildman–Crippen LogP) is 7.52. The molecule has 1 heterocycles. The van der Waals surface area contributed by atoms with Crippen molar-refractivity contribution in [3.8, 4) is 22.6 Å². The number of rotatable bonds is 16. The topological polar surface area (TPSA) is 130 Å². The Hall–Kier alpha value is -4.65. The van der Waals surface area contributed by atoms with E-state index in [4.69, 9.17) is 37.4 Å². The monoisotopic (exact) mass is 756 g/mol. The molecule has 0 spiro atoms. The molecule has 0 bridgehead atoms. The standard InChI is InChI=1S/C38H36Cl2F2N2O8/c39-30-18-44(48)19-31(40)28(30)17-34(23-13-14-33(52-37(41)42)35(16-23)49-20-22-11-12-22)51-36(46)32(10-5-15-45)43-38(47)50-21-29-26-8-3-1-6-24(26)25-7-2-4-9-27(25)29/h1-4,6-9,13-14,16,18-19,22,29,32,34,37,45H,5,10-12,15,17,20-21H2,(H,43,47). The Balaban J connectivity index is 1.22. The highest BCUT2D eigenvalue weighted by atomic mass is 35.5. The maximum absolute atomic E-state index is 13.8. The summed E-state index contributed by atoms with van der Waals surface area (Å²) in [6, 6.07) is 18.6. The smallest absolute Gasteiger partial charge is 0.407 e. The molecule has 1 fully saturated rings. The van der Waals surface area contributed by atoms with Crippen LogP contribution in [0.25, 0.3) is 11.1 Å². The van der Waals surface area contributed by atoms with E-state index in [0.29, 0.717) is 10.3 Å². The highest BCUT2D eigenvalue weighted by molar-refractivity contribution is 6.35. The molecule has 2 atom stereocenters. The lowest BCUT2D eigenvalue weighted by atomic mass is 9.98. The van der Waals surface area contributed by atoms with Crippen molar-refractivity contribution >= 4 is 35.3 Å². The minimum atomic E-state index is -3.11. The molecule has 2 unspecified atom stereocenters. The largest absolute Gasteiger partial charge is 0.619 e. The molecule has 1 saturated carbocycles. The van der Waals surface area contributed by atoms with E-state index in [0.717, 1.165) is 47.5 Å². The summed E-state index contributed by atoms with van der Waals surface area (Å²) in [7, 11) is 0. The van der Waals surface area contributed by atoms with E-state index in [-0.39, 0.29) is 78.0 Å². The molecule has 4 aromatic rings. The van der Waals surface area contributed by atoms with E-state index in [2.05, 4.69) is 10.1 Å². The number of halogens is 4. The van der Waals surface area contributed by atoms with Gasteiger partial charge in [0.1, 0.15) is 28.8 Å². The van der Waals surface area contributed by atoms with E-state index >= 15 is 0 Å². The molecule has 2 N–H and O–H groups in total. The first-order chi connectivity index (χ1) is 25.1. The molecule has 6 rings (SSSR count). The number of aliphatic hydroxyl groups is 1. The summed E-state index contributed by atoms with van der Waals surface area (Å²) in [6.45, 7) is -3.09. The van der Waals surface area contributed by atoms with Gasteiger partial charge in [-0.1, -0.05) is 77.8 Å². The van der Waals surface area contributed by atoms with Crippen LogP contribution in [0.5, 0.6) is 11.5 Å². The maximum Gasteiger partial charge on any atom is 0.407 e. The fraction of sp³-hybridized carbons (Fsp3) is 0.342. The second-order valence-corrected chi connectivity index (χ2v) is 13.5. The SMILES string of the molecule is O=C(NC(CCCO)C(=O)OC(Cc1c(Cl)c[n+]([O-])cc1Cl)c1ccc(OC(F)F)c(OCC2CC2)c1)OCC1c2ccccc2-c2ccccc21. The fourth-order valence-electron chi connectivity index (χ4n) is 6.21. The van der Waals surface area contributed by atoms with Gasteiger partial charge < -0.3 is 34.6 Å². The number of hydrogen-bond acceptors (Lipinski definition) is 8. The first-order valence-electron chi connectivity index (χ1n) is 16.8. The van der Waals surface area contributed by atoms with E-state index in [1.54, 1.807) is 0 Å². The molecule has 2 aliphatic carbocycles. The number of aromatic nitrogens is 1. The zero-order valence-electron chi connectivity index (χ0n) is 27.8. The number of fused-ring (bicyclic) bond motifs is 3. The predicted molar refractivity (Wildman–Crippen MR) is 188 cm³/mol. The van der Waals surface area contributed by atoms with Crippen molar-refractivity contribution in [2.24, 2.45) is 5.92 Å². The fourth-order valence-corrected chi connectivity index (χ4v) is 6.81. The molecule has 0 aliphatic heterocycles. The van der Waals surface area contributed by atoms with E-state index < -0.39 is 30.8 Å². The highest BCUT2D eigenvalue weighted by Gasteiger charge is 2.32. The Morgan fingerprint density at radius 2 is 1.60 bits per heavy atom. The van der Waals surface area contributed by atoms with Gasteiger partial charge in [0.25, 0.3) is 0 Å². The average molecular weight is 758 g/mol. The molecule has 1 amide bonds. The number of pyridine rings is 1. The van der Waals surface area contributed by atoms with Crippen LogP contribution in [-0.2, 0) is 20.7 Å². The van der Waals surface area contributed by atoms with Gasteiger partial charge in [-0.05, 0) is 71.6 Å². The zero-order valence-corrected chi connectivity index (χ0v) is 29.3. The number of alkyl carbamates (subject to hydrolysis) is 1. The van der Waals surface area contributed by atoms with E-state index in [9.17, 15) is 28.7 Å². The minimum Gasteiger partial charge on any atom is -0.619 e. The van der Waals surface area contributed by atoms with Gasteiger partial charge in [0, 0.05) is 24.5 Å². The Kier molecular flexibility index (Phi) is 12.0. The maximum atomic E-state index is 13.8. The Labute approximate surface area is 308 Å². The zero-order chi connectivity index (χ0) is 36.8. The molecular weight excluding hydrogens is 721 g/mol. The van der Waals surface area contributed by atoms with Crippen molar-refractivity contribution in [1.29, 1.82) is 0 Å². The van der Waals surface area contributed by atoms with Crippen molar-refractivity contribution in [1.82, 2.24) is 5.32 Å². The van der Waals surface area contributed by atoms with Crippen LogP contribution < -0.4 is 19.5 Å². The van der Waals surface area contributed by atoms with Crippen LogP contribution in [0.15, 0.2) is 79.1 Å². The molecule has 1 aromatic heterocycles. The molecule has 3 aromatic carbocycles. The summed E-state index contributed by atoms with van der Waals surface area (Å²) in [5, 5.41) is 24.1. The number of amides is 1. The van der Waals surface area contributed by atoms with Gasteiger partial charge in [-0.15, -0.1) is 0 Å². The number of hydrogen-bond donors (Lipinski definition) is 2. The summed E-state index contributed by atoms with van der Waals surface area (Å²) < 4.78 is 49.1. The Morgan fingerprint density at radius 3 is 2.21 bits per heavy atom. The summed E-state index contributed by atoms with van der Waals surface area (Å²) in [4.78, 5) is 27.1.